The van der Waals surface area contributed by atoms with Crippen molar-refractivity contribution in [3.8, 4) is 5.75 Å². The van der Waals surface area contributed by atoms with Crippen LogP contribution in [0.4, 0.5) is 4.39 Å². The molecule has 1 amide bonds. The number of halogens is 1. The van der Waals surface area contributed by atoms with Crippen LogP contribution in [0.1, 0.15) is 29.2 Å². The van der Waals surface area contributed by atoms with E-state index in [1.54, 1.807) is 24.3 Å². The minimum absolute atomic E-state index is 0.0945. The minimum Gasteiger partial charge on any atom is -0.486 e. The second-order valence-corrected chi connectivity index (χ2v) is 5.89. The van der Waals surface area contributed by atoms with Crippen molar-refractivity contribution in [3.63, 3.8) is 0 Å². The highest BCUT2D eigenvalue weighted by Gasteiger charge is 2.25. The zero-order valence-corrected chi connectivity index (χ0v) is 13.6. The summed E-state index contributed by atoms with van der Waals surface area (Å²) in [6.07, 6.45) is 2.06. The van der Waals surface area contributed by atoms with E-state index in [0.29, 0.717) is 29.9 Å². The molecule has 0 bridgehead atoms. The minimum atomic E-state index is -0.311. The molecule has 2 heterocycles. The Balaban J connectivity index is 1.58. The number of amides is 1. The van der Waals surface area contributed by atoms with Gasteiger partial charge in [0, 0.05) is 19.1 Å². The Kier molecular flexibility index (Phi) is 5.15. The predicted octanol–water partition coefficient (Wildman–Crippen LogP) is 2.82. The molecule has 0 spiro atoms. The van der Waals surface area contributed by atoms with Crippen molar-refractivity contribution in [1.82, 2.24) is 10.2 Å². The number of nitrogens with one attached hydrogen (secondary N) is 1. The van der Waals surface area contributed by atoms with E-state index in [0.717, 1.165) is 19.4 Å². The average Bonchev–Trinajstić information content (AvgIpc) is 3.09. The summed E-state index contributed by atoms with van der Waals surface area (Å²) in [6.45, 7) is 1.63. The van der Waals surface area contributed by atoms with Gasteiger partial charge in [-0.2, -0.15) is 0 Å². The predicted molar refractivity (Wildman–Crippen MR) is 87.4 cm³/mol. The Bertz CT molecular complexity index is 684. The molecule has 5 nitrogen and oxygen atoms in total. The maximum Gasteiger partial charge on any atom is 0.289 e. The van der Waals surface area contributed by atoms with Gasteiger partial charge in [0.05, 0.1) is 0 Å². The van der Waals surface area contributed by atoms with E-state index in [1.807, 2.05) is 11.9 Å². The molecule has 6 heteroatoms. The number of benzene rings is 1. The number of likely N-dealkylation sites (N-methyl/N-ethyl adjacent to an activating group) is 1. The van der Waals surface area contributed by atoms with Gasteiger partial charge in [0.1, 0.15) is 23.9 Å². The van der Waals surface area contributed by atoms with Crippen molar-refractivity contribution in [3.05, 3.63) is 53.7 Å². The number of carbonyl (C=O) groups excluding carboxylic acids is 1. The van der Waals surface area contributed by atoms with Crippen molar-refractivity contribution in [1.29, 1.82) is 0 Å². The fourth-order valence-corrected chi connectivity index (χ4v) is 2.81. The number of furan rings is 1. The average molecular weight is 332 g/mol. The smallest absolute Gasteiger partial charge is 0.289 e. The zero-order chi connectivity index (χ0) is 16.9. The molecule has 1 unspecified atom stereocenters. The van der Waals surface area contributed by atoms with Crippen molar-refractivity contribution >= 4 is 5.91 Å². The quantitative estimate of drug-likeness (QED) is 0.915. The molecule has 1 aromatic carbocycles. The highest BCUT2D eigenvalue weighted by Crippen LogP contribution is 2.18. The summed E-state index contributed by atoms with van der Waals surface area (Å²) in [5.74, 6) is 1.03. The van der Waals surface area contributed by atoms with Gasteiger partial charge >= 0.3 is 0 Å². The number of hydrogen-bond donors (Lipinski definition) is 1. The fourth-order valence-electron chi connectivity index (χ4n) is 2.81. The van der Waals surface area contributed by atoms with E-state index in [4.69, 9.17) is 9.15 Å². The van der Waals surface area contributed by atoms with Crippen LogP contribution in [0.2, 0.25) is 0 Å². The van der Waals surface area contributed by atoms with E-state index in [2.05, 4.69) is 5.32 Å². The first-order valence-corrected chi connectivity index (χ1v) is 8.09. The summed E-state index contributed by atoms with van der Waals surface area (Å²) in [5.41, 5.74) is 0. The molecule has 0 saturated carbocycles. The van der Waals surface area contributed by atoms with Gasteiger partial charge in [-0.25, -0.2) is 4.39 Å². The number of likely N-dealkylation sites (tertiary alicyclic amines) is 1. The second-order valence-electron chi connectivity index (χ2n) is 5.89. The zero-order valence-electron chi connectivity index (χ0n) is 13.6. The van der Waals surface area contributed by atoms with Crippen LogP contribution in [-0.2, 0) is 6.61 Å². The van der Waals surface area contributed by atoms with Gasteiger partial charge in [-0.3, -0.25) is 4.79 Å². The van der Waals surface area contributed by atoms with Crippen LogP contribution in [0.15, 0.2) is 40.8 Å². The number of nitrogens with zero attached hydrogens (tertiary/aromatic N) is 1. The van der Waals surface area contributed by atoms with E-state index < -0.39 is 0 Å². The molecule has 1 atom stereocenters. The summed E-state index contributed by atoms with van der Waals surface area (Å²) in [4.78, 5) is 14.3. The number of ether oxygens (including phenoxy) is 1. The first kappa shape index (κ1) is 16.5. The maximum absolute atomic E-state index is 12.9. The fraction of sp³-hybridized carbons (Fsp3) is 0.389. The molecule has 1 aromatic heterocycles. The molecule has 1 N–H and O–H groups in total. The van der Waals surface area contributed by atoms with Crippen LogP contribution < -0.4 is 10.1 Å². The monoisotopic (exact) mass is 332 g/mol. The van der Waals surface area contributed by atoms with E-state index in [1.165, 1.54) is 12.1 Å². The van der Waals surface area contributed by atoms with Crippen molar-refractivity contribution in [2.75, 3.05) is 20.1 Å². The Labute approximate surface area is 140 Å². The molecule has 0 radical (unpaired) electrons. The second kappa shape index (κ2) is 7.49. The lowest BCUT2D eigenvalue weighted by atomic mass is 10.1. The van der Waals surface area contributed by atoms with Gasteiger partial charge in [0.25, 0.3) is 5.91 Å². The van der Waals surface area contributed by atoms with Crippen LogP contribution in [0, 0.1) is 5.82 Å². The lowest BCUT2D eigenvalue weighted by molar-refractivity contribution is 0.0662. The highest BCUT2D eigenvalue weighted by molar-refractivity contribution is 5.91. The van der Waals surface area contributed by atoms with Crippen molar-refractivity contribution < 1.29 is 18.3 Å². The molecule has 1 aliphatic heterocycles. The van der Waals surface area contributed by atoms with E-state index in [9.17, 15) is 9.18 Å². The van der Waals surface area contributed by atoms with Crippen molar-refractivity contribution in [2.24, 2.45) is 0 Å². The Morgan fingerprint density at radius 3 is 2.88 bits per heavy atom. The molecule has 3 rings (SSSR count). The van der Waals surface area contributed by atoms with Crippen LogP contribution in [0.25, 0.3) is 0 Å². The molecule has 1 saturated heterocycles. The third-order valence-electron chi connectivity index (χ3n) is 4.18. The van der Waals surface area contributed by atoms with Crippen LogP contribution in [0.3, 0.4) is 0 Å². The first-order valence-electron chi connectivity index (χ1n) is 8.09. The van der Waals surface area contributed by atoms with Gasteiger partial charge in [-0.1, -0.05) is 0 Å². The number of hydrogen-bond acceptors (Lipinski definition) is 4. The van der Waals surface area contributed by atoms with Gasteiger partial charge < -0.3 is 19.4 Å². The molecule has 2 aromatic rings. The standard InChI is InChI=1S/C18H21FN2O3/c1-20-14-3-2-10-21(11-14)18(22)17-9-8-16(24-17)12-23-15-6-4-13(19)5-7-15/h4-9,14,20H,2-3,10-12H2,1H3. The highest BCUT2D eigenvalue weighted by atomic mass is 19.1. The maximum atomic E-state index is 12.9. The Morgan fingerprint density at radius 1 is 1.33 bits per heavy atom. The lowest BCUT2D eigenvalue weighted by Crippen LogP contribution is -2.46. The normalized spacial score (nSPS) is 17.8. The van der Waals surface area contributed by atoms with Crippen LogP contribution >= 0.6 is 0 Å². The van der Waals surface area contributed by atoms with Crippen LogP contribution in [0.5, 0.6) is 5.75 Å². The Morgan fingerprint density at radius 2 is 2.12 bits per heavy atom. The Hall–Kier alpha value is -2.34. The number of rotatable bonds is 5. The van der Waals surface area contributed by atoms with Crippen LogP contribution in [-0.4, -0.2) is 37.0 Å². The van der Waals surface area contributed by atoms with Gasteiger partial charge in [0.15, 0.2) is 5.76 Å². The van der Waals surface area contributed by atoms with E-state index in [-0.39, 0.29) is 18.3 Å². The molecule has 128 valence electrons. The summed E-state index contributed by atoms with van der Waals surface area (Å²) >= 11 is 0. The summed E-state index contributed by atoms with van der Waals surface area (Å²) in [5, 5.41) is 3.22. The molecular weight excluding hydrogens is 311 g/mol. The summed E-state index contributed by atoms with van der Waals surface area (Å²) in [6, 6.07) is 9.51. The third kappa shape index (κ3) is 3.94. The number of piperidine rings is 1. The molecule has 24 heavy (non-hydrogen) atoms. The molecule has 1 aliphatic rings. The lowest BCUT2D eigenvalue weighted by Gasteiger charge is -2.31. The summed E-state index contributed by atoms with van der Waals surface area (Å²) < 4.78 is 24.0. The van der Waals surface area contributed by atoms with Gasteiger partial charge in [-0.15, -0.1) is 0 Å². The SMILES string of the molecule is CNC1CCCN(C(=O)c2ccc(COc3ccc(F)cc3)o2)C1. The van der Waals surface area contributed by atoms with E-state index >= 15 is 0 Å². The summed E-state index contributed by atoms with van der Waals surface area (Å²) in [7, 11) is 1.91. The first-order chi connectivity index (χ1) is 11.7. The number of carbonyl (C=O) groups is 1. The molecule has 1 fully saturated rings. The largest absolute Gasteiger partial charge is 0.486 e. The topological polar surface area (TPSA) is 54.7 Å². The third-order valence-corrected chi connectivity index (χ3v) is 4.18. The van der Waals surface area contributed by atoms with Gasteiger partial charge in [0.2, 0.25) is 0 Å². The molecular formula is C18H21FN2O3. The molecule has 0 aliphatic carbocycles. The van der Waals surface area contributed by atoms with Gasteiger partial charge in [-0.05, 0) is 56.3 Å². The van der Waals surface area contributed by atoms with Crippen molar-refractivity contribution in [2.45, 2.75) is 25.5 Å².